The molecule has 0 bridgehead atoms. The Morgan fingerprint density at radius 3 is 2.00 bits per heavy atom. The zero-order valence-electron chi connectivity index (χ0n) is 7.56. The maximum atomic E-state index is 10.8. The van der Waals surface area contributed by atoms with Gasteiger partial charge in [-0.2, -0.15) is 0 Å². The molecule has 12 heavy (non-hydrogen) atoms. The summed E-state index contributed by atoms with van der Waals surface area (Å²) in [6.45, 7) is 4.32. The minimum absolute atomic E-state index is 0.272. The van der Waals surface area contributed by atoms with Gasteiger partial charge in [-0.25, -0.2) is 0 Å². The lowest BCUT2D eigenvalue weighted by Gasteiger charge is -2.36. The first-order valence-corrected chi connectivity index (χ1v) is 4.66. The van der Waals surface area contributed by atoms with E-state index >= 15 is 0 Å². The van der Waals surface area contributed by atoms with Crippen molar-refractivity contribution in [1.29, 1.82) is 0 Å². The van der Waals surface area contributed by atoms with Gasteiger partial charge in [0.25, 0.3) is 0 Å². The highest BCUT2D eigenvalue weighted by atomic mass is 35.5. The monoisotopic (exact) mass is 190 g/mol. The van der Waals surface area contributed by atoms with E-state index in [-0.39, 0.29) is 5.41 Å². The first kappa shape index (κ1) is 9.85. The largest absolute Gasteiger partial charge is 0.480 e. The first-order chi connectivity index (χ1) is 5.36. The number of aliphatic carboxylic acids is 1. The van der Waals surface area contributed by atoms with Crippen LogP contribution in [0.4, 0.5) is 0 Å². The van der Waals surface area contributed by atoms with Gasteiger partial charge in [0.2, 0.25) is 0 Å². The maximum Gasteiger partial charge on any atom is 0.324 e. The van der Waals surface area contributed by atoms with E-state index in [2.05, 4.69) is 13.8 Å². The van der Waals surface area contributed by atoms with E-state index in [0.29, 0.717) is 12.8 Å². The highest BCUT2D eigenvalue weighted by Crippen LogP contribution is 2.43. The van der Waals surface area contributed by atoms with Gasteiger partial charge in [-0.1, -0.05) is 13.8 Å². The predicted molar refractivity (Wildman–Crippen MR) is 48.5 cm³/mol. The molecule has 1 rings (SSSR count). The van der Waals surface area contributed by atoms with E-state index in [1.807, 2.05) is 0 Å². The molecule has 0 aromatic heterocycles. The summed E-state index contributed by atoms with van der Waals surface area (Å²) in [5, 5.41) is 8.84. The molecule has 1 fully saturated rings. The van der Waals surface area contributed by atoms with Crippen LogP contribution in [0.3, 0.4) is 0 Å². The van der Waals surface area contributed by atoms with E-state index in [4.69, 9.17) is 16.7 Å². The minimum atomic E-state index is -0.977. The lowest BCUT2D eigenvalue weighted by molar-refractivity contribution is -0.141. The van der Waals surface area contributed by atoms with E-state index < -0.39 is 10.8 Å². The molecule has 0 aromatic rings. The Balaban J connectivity index is 2.62. The summed E-state index contributed by atoms with van der Waals surface area (Å²) in [6.07, 6.45) is 3.00. The normalized spacial score (nSPS) is 26.6. The van der Waals surface area contributed by atoms with Crippen molar-refractivity contribution < 1.29 is 9.90 Å². The van der Waals surface area contributed by atoms with Gasteiger partial charge in [-0.3, -0.25) is 4.79 Å². The summed E-state index contributed by atoms with van der Waals surface area (Å²) in [5.74, 6) is -0.861. The van der Waals surface area contributed by atoms with Crippen LogP contribution in [0.5, 0.6) is 0 Å². The summed E-state index contributed by atoms with van der Waals surface area (Å²) in [5.41, 5.74) is 0.272. The molecule has 1 aliphatic carbocycles. The smallest absolute Gasteiger partial charge is 0.324 e. The van der Waals surface area contributed by atoms with Crippen LogP contribution in [0.1, 0.15) is 39.5 Å². The van der Waals surface area contributed by atoms with Gasteiger partial charge in [0.05, 0.1) is 0 Å². The van der Waals surface area contributed by atoms with Crippen molar-refractivity contribution in [2.24, 2.45) is 5.41 Å². The van der Waals surface area contributed by atoms with Gasteiger partial charge in [0, 0.05) is 0 Å². The second kappa shape index (κ2) is 2.91. The standard InChI is InChI=1S/C9H15ClO2/c1-8(2)3-5-9(10,6-4-8)7(11)12/h3-6H2,1-2H3,(H,11,12). The zero-order chi connectivity index (χ0) is 9.41. The fraction of sp³-hybridized carbons (Fsp3) is 0.889. The molecule has 1 saturated carbocycles. The Kier molecular flexibility index (Phi) is 2.39. The number of rotatable bonds is 1. The lowest BCUT2D eigenvalue weighted by Crippen LogP contribution is -2.38. The molecule has 0 radical (unpaired) electrons. The number of hydrogen-bond acceptors (Lipinski definition) is 1. The average Bonchev–Trinajstić information content (AvgIpc) is 1.96. The van der Waals surface area contributed by atoms with Crippen LogP contribution in [-0.4, -0.2) is 16.0 Å². The highest BCUT2D eigenvalue weighted by Gasteiger charge is 2.42. The minimum Gasteiger partial charge on any atom is -0.480 e. The first-order valence-electron chi connectivity index (χ1n) is 4.28. The second-order valence-electron chi connectivity index (χ2n) is 4.43. The molecule has 0 heterocycles. The van der Waals surface area contributed by atoms with Crippen LogP contribution >= 0.6 is 11.6 Å². The van der Waals surface area contributed by atoms with Crippen molar-refractivity contribution in [2.75, 3.05) is 0 Å². The maximum absolute atomic E-state index is 10.8. The molecule has 0 aromatic carbocycles. The molecule has 1 N–H and O–H groups in total. The van der Waals surface area contributed by atoms with Crippen molar-refractivity contribution in [3.05, 3.63) is 0 Å². The van der Waals surface area contributed by atoms with Gasteiger partial charge in [-0.15, -0.1) is 11.6 Å². The molecule has 0 spiro atoms. The summed E-state index contributed by atoms with van der Waals surface area (Å²) >= 11 is 5.94. The Bertz CT molecular complexity index is 189. The lowest BCUT2D eigenvalue weighted by atomic mass is 9.73. The Labute approximate surface area is 77.9 Å². The number of carboxylic acid groups (broad SMARTS) is 1. The van der Waals surface area contributed by atoms with Crippen LogP contribution in [0.15, 0.2) is 0 Å². The summed E-state index contributed by atoms with van der Waals surface area (Å²) in [6, 6.07) is 0. The summed E-state index contributed by atoms with van der Waals surface area (Å²) in [4.78, 5) is 9.78. The van der Waals surface area contributed by atoms with E-state index in [9.17, 15) is 4.79 Å². The van der Waals surface area contributed by atoms with Gasteiger partial charge in [0.15, 0.2) is 0 Å². The second-order valence-corrected chi connectivity index (χ2v) is 5.16. The van der Waals surface area contributed by atoms with Gasteiger partial charge in [0.1, 0.15) is 4.87 Å². The molecule has 1 aliphatic rings. The fourth-order valence-corrected chi connectivity index (χ4v) is 1.73. The quantitative estimate of drug-likeness (QED) is 0.646. The van der Waals surface area contributed by atoms with Crippen LogP contribution in [-0.2, 0) is 4.79 Å². The molecular weight excluding hydrogens is 176 g/mol. The molecule has 0 atom stereocenters. The van der Waals surface area contributed by atoms with Gasteiger partial charge in [-0.05, 0) is 31.1 Å². The van der Waals surface area contributed by atoms with E-state index in [1.165, 1.54) is 0 Å². The molecule has 0 aliphatic heterocycles. The van der Waals surface area contributed by atoms with Crippen molar-refractivity contribution >= 4 is 17.6 Å². The summed E-state index contributed by atoms with van der Waals surface area (Å²) < 4.78 is 0. The van der Waals surface area contributed by atoms with Crippen LogP contribution < -0.4 is 0 Å². The molecule has 0 unspecified atom stereocenters. The number of carboxylic acids is 1. The number of halogens is 1. The third-order valence-corrected chi connectivity index (χ3v) is 3.32. The molecule has 2 nitrogen and oxygen atoms in total. The topological polar surface area (TPSA) is 37.3 Å². The van der Waals surface area contributed by atoms with Gasteiger partial charge < -0.3 is 5.11 Å². The molecule has 0 saturated heterocycles. The highest BCUT2D eigenvalue weighted by molar-refractivity contribution is 6.33. The Morgan fingerprint density at radius 1 is 1.25 bits per heavy atom. The van der Waals surface area contributed by atoms with Crippen LogP contribution in [0.2, 0.25) is 0 Å². The number of carbonyl (C=O) groups is 1. The molecule has 70 valence electrons. The Hall–Kier alpha value is -0.240. The van der Waals surface area contributed by atoms with Crippen molar-refractivity contribution in [3.8, 4) is 0 Å². The van der Waals surface area contributed by atoms with E-state index in [1.54, 1.807) is 0 Å². The van der Waals surface area contributed by atoms with Crippen molar-refractivity contribution in [3.63, 3.8) is 0 Å². The third-order valence-electron chi connectivity index (χ3n) is 2.78. The number of alkyl halides is 1. The molecular formula is C9H15ClO2. The van der Waals surface area contributed by atoms with Crippen molar-refractivity contribution in [2.45, 2.75) is 44.4 Å². The van der Waals surface area contributed by atoms with E-state index in [0.717, 1.165) is 12.8 Å². The predicted octanol–water partition coefficient (Wildman–Crippen LogP) is 2.65. The third kappa shape index (κ3) is 1.92. The zero-order valence-corrected chi connectivity index (χ0v) is 8.32. The van der Waals surface area contributed by atoms with Crippen molar-refractivity contribution in [1.82, 2.24) is 0 Å². The SMILES string of the molecule is CC1(C)CCC(Cl)(C(=O)O)CC1. The average molecular weight is 191 g/mol. The van der Waals surface area contributed by atoms with Crippen LogP contribution in [0.25, 0.3) is 0 Å². The Morgan fingerprint density at radius 2 is 1.67 bits per heavy atom. The number of hydrogen-bond donors (Lipinski definition) is 1. The van der Waals surface area contributed by atoms with Crippen LogP contribution in [0, 0.1) is 5.41 Å². The molecule has 0 amide bonds. The van der Waals surface area contributed by atoms with Gasteiger partial charge >= 0.3 is 5.97 Å². The summed E-state index contributed by atoms with van der Waals surface area (Å²) in [7, 11) is 0. The fourth-order valence-electron chi connectivity index (χ4n) is 1.54. The molecule has 3 heteroatoms.